The second-order valence-electron chi connectivity index (χ2n) is 4.56. The Morgan fingerprint density at radius 2 is 1.60 bits per heavy atom. The number of benzene rings is 2. The number of carbonyl (C=O) groups excluding carboxylic acids is 1. The minimum absolute atomic E-state index is 0.0780. The fourth-order valence-corrected chi connectivity index (χ4v) is 3.32. The third-order valence-electron chi connectivity index (χ3n) is 3.29. The maximum Gasteiger partial charge on any atom is 0.205 e. The molecule has 0 saturated heterocycles. The van der Waals surface area contributed by atoms with Gasteiger partial charge in [0.15, 0.2) is 5.13 Å². The molecule has 0 fully saturated rings. The molecule has 3 aromatic rings. The van der Waals surface area contributed by atoms with Crippen LogP contribution in [-0.2, 0) is 0 Å². The third-order valence-corrected chi connectivity index (χ3v) is 4.25. The Morgan fingerprint density at radius 3 is 2.40 bits per heavy atom. The molecule has 0 atom stereocenters. The number of anilines is 2. The summed E-state index contributed by atoms with van der Waals surface area (Å²) in [6.07, 6.45) is 0. The van der Waals surface area contributed by atoms with Crippen molar-refractivity contribution in [1.82, 2.24) is 4.98 Å². The van der Waals surface area contributed by atoms with Gasteiger partial charge in [0.05, 0.1) is 5.69 Å². The highest BCUT2D eigenvalue weighted by Gasteiger charge is 2.30. The lowest BCUT2D eigenvalue weighted by atomic mass is 10.1. The van der Waals surface area contributed by atoms with Crippen LogP contribution in [0, 0.1) is 0 Å². The number of para-hydroxylation sites is 1. The second-order valence-corrected chi connectivity index (χ2v) is 5.56. The number of aromatic nitrogens is 1. The van der Waals surface area contributed by atoms with Crippen LogP contribution in [-0.4, -0.2) is 10.8 Å². The number of hydrogen-bond acceptors (Lipinski definition) is 4. The van der Waals surface area contributed by atoms with Crippen LogP contribution in [0.15, 0.2) is 54.6 Å². The van der Waals surface area contributed by atoms with E-state index in [1.54, 1.807) is 0 Å². The molecule has 3 nitrogen and oxygen atoms in total. The van der Waals surface area contributed by atoms with Crippen LogP contribution in [0.1, 0.15) is 15.2 Å². The van der Waals surface area contributed by atoms with E-state index in [2.05, 4.69) is 10.3 Å². The van der Waals surface area contributed by atoms with Crippen LogP contribution in [0.3, 0.4) is 0 Å². The molecule has 4 heteroatoms. The van der Waals surface area contributed by atoms with E-state index in [0.717, 1.165) is 32.5 Å². The minimum atomic E-state index is 0.0780. The zero-order valence-corrected chi connectivity index (χ0v) is 11.3. The topological polar surface area (TPSA) is 42.0 Å². The van der Waals surface area contributed by atoms with Gasteiger partial charge in [-0.05, 0) is 12.1 Å². The van der Waals surface area contributed by atoms with Crippen LogP contribution in [0.5, 0.6) is 0 Å². The molecule has 0 unspecified atom stereocenters. The van der Waals surface area contributed by atoms with Crippen molar-refractivity contribution in [2.75, 3.05) is 5.32 Å². The van der Waals surface area contributed by atoms with E-state index in [-0.39, 0.29) is 5.78 Å². The average molecular weight is 278 g/mol. The van der Waals surface area contributed by atoms with Gasteiger partial charge in [0.2, 0.25) is 5.78 Å². The van der Waals surface area contributed by atoms with Crippen LogP contribution < -0.4 is 5.32 Å². The Morgan fingerprint density at radius 1 is 0.900 bits per heavy atom. The zero-order valence-electron chi connectivity index (χ0n) is 10.5. The van der Waals surface area contributed by atoms with Crippen LogP contribution in [0.25, 0.3) is 11.3 Å². The largest absolute Gasteiger partial charge is 0.332 e. The number of carbonyl (C=O) groups is 1. The Hall–Kier alpha value is -2.46. The molecule has 96 valence electrons. The van der Waals surface area contributed by atoms with Crippen molar-refractivity contribution < 1.29 is 4.79 Å². The van der Waals surface area contributed by atoms with Crippen LogP contribution in [0.2, 0.25) is 0 Å². The molecule has 4 rings (SSSR count). The Balaban J connectivity index is 1.76. The summed E-state index contributed by atoms with van der Waals surface area (Å²) in [6.45, 7) is 0. The van der Waals surface area contributed by atoms with E-state index in [9.17, 15) is 4.79 Å². The average Bonchev–Trinajstić information content (AvgIpc) is 3.01. The van der Waals surface area contributed by atoms with Gasteiger partial charge in [-0.25, -0.2) is 4.98 Å². The zero-order chi connectivity index (χ0) is 13.5. The molecule has 0 amide bonds. The number of rotatable bonds is 2. The van der Waals surface area contributed by atoms with Crippen molar-refractivity contribution in [1.29, 1.82) is 0 Å². The van der Waals surface area contributed by atoms with Gasteiger partial charge < -0.3 is 5.32 Å². The molecule has 0 spiro atoms. The van der Waals surface area contributed by atoms with E-state index in [1.807, 2.05) is 54.6 Å². The Kier molecular flexibility index (Phi) is 2.44. The van der Waals surface area contributed by atoms with Gasteiger partial charge in [-0.2, -0.15) is 0 Å². The van der Waals surface area contributed by atoms with Crippen molar-refractivity contribution in [3.63, 3.8) is 0 Å². The molecule has 0 radical (unpaired) electrons. The molecule has 20 heavy (non-hydrogen) atoms. The monoisotopic (exact) mass is 278 g/mol. The quantitative estimate of drug-likeness (QED) is 0.600. The lowest BCUT2D eigenvalue weighted by Crippen LogP contribution is -1.93. The van der Waals surface area contributed by atoms with Crippen molar-refractivity contribution in [3.05, 3.63) is 65.0 Å². The van der Waals surface area contributed by atoms with Crippen molar-refractivity contribution >= 4 is 27.9 Å². The van der Waals surface area contributed by atoms with E-state index < -0.39 is 0 Å². The number of thiazole rings is 1. The molecular formula is C16H10N2OS. The third kappa shape index (κ3) is 1.66. The fourth-order valence-electron chi connectivity index (χ4n) is 2.36. The maximum absolute atomic E-state index is 12.3. The molecule has 1 aliphatic rings. The van der Waals surface area contributed by atoms with Gasteiger partial charge in [0.1, 0.15) is 4.88 Å². The smallest absolute Gasteiger partial charge is 0.205 e. The molecule has 0 saturated carbocycles. The number of nitrogens with zero attached hydrogens (tertiary/aromatic N) is 1. The maximum atomic E-state index is 12.3. The first-order valence-corrected chi connectivity index (χ1v) is 7.11. The molecule has 2 aromatic carbocycles. The first-order chi connectivity index (χ1) is 9.83. The second kappa shape index (κ2) is 4.28. The summed E-state index contributed by atoms with van der Waals surface area (Å²) >= 11 is 1.41. The minimum Gasteiger partial charge on any atom is -0.332 e. The highest BCUT2D eigenvalue weighted by atomic mass is 32.1. The molecular weight excluding hydrogens is 268 g/mol. The van der Waals surface area contributed by atoms with Gasteiger partial charge >= 0.3 is 0 Å². The molecule has 1 heterocycles. The van der Waals surface area contributed by atoms with E-state index >= 15 is 0 Å². The first kappa shape index (κ1) is 11.4. The highest BCUT2D eigenvalue weighted by molar-refractivity contribution is 7.18. The molecule has 1 N–H and O–H groups in total. The van der Waals surface area contributed by atoms with Crippen molar-refractivity contribution in [2.24, 2.45) is 0 Å². The standard InChI is InChI=1S/C16H10N2OS/c19-14-12-9-5-4-8-11(12)13-15(14)20-16(18-13)17-10-6-2-1-3-7-10/h1-9H,(H,17,18). The number of ketones is 1. The summed E-state index contributed by atoms with van der Waals surface area (Å²) in [7, 11) is 0. The van der Waals surface area contributed by atoms with E-state index in [4.69, 9.17) is 0 Å². The lowest BCUT2D eigenvalue weighted by molar-refractivity contribution is 0.104. The summed E-state index contributed by atoms with van der Waals surface area (Å²) in [6, 6.07) is 17.5. The Bertz CT molecular complexity index is 808. The van der Waals surface area contributed by atoms with E-state index in [1.165, 1.54) is 11.3 Å². The molecule has 1 aliphatic carbocycles. The summed E-state index contributed by atoms with van der Waals surface area (Å²) in [5, 5.41) is 3.99. The van der Waals surface area contributed by atoms with Gasteiger partial charge in [-0.3, -0.25) is 4.79 Å². The summed E-state index contributed by atoms with van der Waals surface area (Å²) in [5.74, 6) is 0.0780. The first-order valence-electron chi connectivity index (χ1n) is 6.30. The van der Waals surface area contributed by atoms with Gasteiger partial charge in [-0.15, -0.1) is 0 Å². The van der Waals surface area contributed by atoms with Crippen molar-refractivity contribution in [3.8, 4) is 11.3 Å². The number of hydrogen-bond donors (Lipinski definition) is 1. The SMILES string of the molecule is O=C1c2ccccc2-c2nc(Nc3ccccc3)sc21. The highest BCUT2D eigenvalue weighted by Crippen LogP contribution is 2.41. The summed E-state index contributed by atoms with van der Waals surface area (Å²) in [5.41, 5.74) is 3.46. The number of fused-ring (bicyclic) bond motifs is 3. The molecule has 0 aliphatic heterocycles. The van der Waals surface area contributed by atoms with Crippen molar-refractivity contribution in [2.45, 2.75) is 0 Å². The Labute approximate surface area is 119 Å². The van der Waals surface area contributed by atoms with Crippen LogP contribution >= 0.6 is 11.3 Å². The summed E-state index contributed by atoms with van der Waals surface area (Å²) < 4.78 is 0. The van der Waals surface area contributed by atoms with Gasteiger partial charge in [0.25, 0.3) is 0 Å². The summed E-state index contributed by atoms with van der Waals surface area (Å²) in [4.78, 5) is 17.6. The normalized spacial score (nSPS) is 12.1. The van der Waals surface area contributed by atoms with Crippen LogP contribution in [0.4, 0.5) is 10.8 Å². The van der Waals surface area contributed by atoms with Gasteiger partial charge in [0, 0.05) is 16.8 Å². The predicted molar refractivity (Wildman–Crippen MR) is 80.7 cm³/mol. The number of nitrogens with one attached hydrogen (secondary N) is 1. The fraction of sp³-hybridized carbons (Fsp3) is 0. The predicted octanol–water partition coefficient (Wildman–Crippen LogP) is 4.10. The molecule has 1 aromatic heterocycles. The van der Waals surface area contributed by atoms with E-state index in [0.29, 0.717) is 0 Å². The molecule has 0 bridgehead atoms. The lowest BCUT2D eigenvalue weighted by Gasteiger charge is -2.01. The van der Waals surface area contributed by atoms with Gasteiger partial charge in [-0.1, -0.05) is 53.8 Å².